The highest BCUT2D eigenvalue weighted by Crippen LogP contribution is 2.28. The second-order valence-corrected chi connectivity index (χ2v) is 6.39. The molecule has 0 bridgehead atoms. The smallest absolute Gasteiger partial charge is 0.237 e. The zero-order valence-corrected chi connectivity index (χ0v) is 13.0. The molecule has 0 radical (unpaired) electrons. The van der Waals surface area contributed by atoms with E-state index in [4.69, 9.17) is 4.52 Å². The number of nitrogens with zero attached hydrogens (tertiary/aromatic N) is 4. The Morgan fingerprint density at radius 2 is 2.05 bits per heavy atom. The minimum Gasteiger partial charge on any atom is -0.338 e. The van der Waals surface area contributed by atoms with Crippen LogP contribution in [0.25, 0.3) is 21.6 Å². The third-order valence-electron chi connectivity index (χ3n) is 3.05. The lowest BCUT2D eigenvalue weighted by Crippen LogP contribution is -1.88. The summed E-state index contributed by atoms with van der Waals surface area (Å²) >= 11 is 3.16. The molecule has 7 heteroatoms. The zero-order valence-electron chi connectivity index (χ0n) is 11.3. The van der Waals surface area contributed by atoms with Gasteiger partial charge in [-0.1, -0.05) is 41.2 Å². The number of para-hydroxylation sites is 1. The highest BCUT2D eigenvalue weighted by molar-refractivity contribution is 7.98. The fourth-order valence-electron chi connectivity index (χ4n) is 2.04. The quantitative estimate of drug-likeness (QED) is 0.417. The number of thiophene rings is 1. The molecule has 0 unspecified atom stereocenters. The minimum absolute atomic E-state index is 0.583. The van der Waals surface area contributed by atoms with Crippen LogP contribution in [-0.4, -0.2) is 20.1 Å². The van der Waals surface area contributed by atoms with Gasteiger partial charge in [-0.2, -0.15) is 4.98 Å². The molecule has 0 fully saturated rings. The van der Waals surface area contributed by atoms with Crippen molar-refractivity contribution in [3.63, 3.8) is 0 Å². The Balaban J connectivity index is 1.55. The van der Waals surface area contributed by atoms with E-state index in [9.17, 15) is 0 Å². The van der Waals surface area contributed by atoms with Crippen LogP contribution in [0.2, 0.25) is 0 Å². The van der Waals surface area contributed by atoms with Crippen molar-refractivity contribution in [1.82, 2.24) is 20.1 Å². The molecule has 0 aliphatic carbocycles. The maximum Gasteiger partial charge on any atom is 0.237 e. The van der Waals surface area contributed by atoms with Gasteiger partial charge >= 0.3 is 0 Å². The molecule has 0 spiro atoms. The summed E-state index contributed by atoms with van der Waals surface area (Å²) in [5.74, 6) is 1.81. The summed E-state index contributed by atoms with van der Waals surface area (Å²) in [6, 6.07) is 11.9. The highest BCUT2D eigenvalue weighted by atomic mass is 32.2. The van der Waals surface area contributed by atoms with Crippen molar-refractivity contribution >= 4 is 34.0 Å². The zero-order chi connectivity index (χ0) is 14.8. The third kappa shape index (κ3) is 2.60. The molecule has 0 atom stereocenters. The van der Waals surface area contributed by atoms with E-state index in [-0.39, 0.29) is 0 Å². The maximum absolute atomic E-state index is 5.30. The molecular weight excluding hydrogens is 316 g/mol. The molecule has 5 nitrogen and oxygen atoms in total. The van der Waals surface area contributed by atoms with Crippen LogP contribution in [-0.2, 0) is 5.75 Å². The minimum atomic E-state index is 0.583. The van der Waals surface area contributed by atoms with E-state index in [1.165, 1.54) is 0 Å². The first kappa shape index (κ1) is 13.4. The van der Waals surface area contributed by atoms with Crippen LogP contribution in [0.5, 0.6) is 0 Å². The molecule has 1 aromatic carbocycles. The van der Waals surface area contributed by atoms with Crippen molar-refractivity contribution in [2.24, 2.45) is 0 Å². The number of thioether (sulfide) groups is 1. The molecule has 3 heterocycles. The van der Waals surface area contributed by atoms with Gasteiger partial charge in [-0.3, -0.25) is 0 Å². The van der Waals surface area contributed by atoms with Crippen LogP contribution in [0.15, 0.2) is 57.7 Å². The van der Waals surface area contributed by atoms with Crippen LogP contribution < -0.4 is 0 Å². The van der Waals surface area contributed by atoms with Gasteiger partial charge in [-0.05, 0) is 17.5 Å². The van der Waals surface area contributed by atoms with E-state index in [0.717, 1.165) is 20.8 Å². The average molecular weight is 326 g/mol. The van der Waals surface area contributed by atoms with Gasteiger partial charge in [-0.15, -0.1) is 11.3 Å². The monoisotopic (exact) mass is 326 g/mol. The highest BCUT2D eigenvalue weighted by Gasteiger charge is 2.11. The molecule has 22 heavy (non-hydrogen) atoms. The van der Waals surface area contributed by atoms with E-state index >= 15 is 0 Å². The number of hydrogen-bond donors (Lipinski definition) is 0. The van der Waals surface area contributed by atoms with Crippen molar-refractivity contribution in [1.29, 1.82) is 0 Å². The topological polar surface area (TPSA) is 64.7 Å². The summed E-state index contributed by atoms with van der Waals surface area (Å²) in [7, 11) is 0. The molecular formula is C15H10N4OS2. The largest absolute Gasteiger partial charge is 0.338 e. The Bertz CT molecular complexity index is 899. The van der Waals surface area contributed by atoms with E-state index in [2.05, 4.69) is 20.1 Å². The van der Waals surface area contributed by atoms with Crippen molar-refractivity contribution in [2.45, 2.75) is 10.8 Å². The Morgan fingerprint density at radius 1 is 1.09 bits per heavy atom. The molecule has 0 saturated heterocycles. The van der Waals surface area contributed by atoms with E-state index < -0.39 is 0 Å². The molecule has 0 saturated carbocycles. The van der Waals surface area contributed by atoms with Crippen LogP contribution in [0, 0.1) is 0 Å². The summed E-state index contributed by atoms with van der Waals surface area (Å²) in [6.45, 7) is 0. The predicted octanol–water partition coefficient (Wildman–Crippen LogP) is 4.03. The first-order chi connectivity index (χ1) is 10.9. The standard InChI is InChI=1S/C15H10N4OS2/c1-2-5-11-10(4-1)15(17-9-16-11)22-8-13-18-14(19-20-13)12-6-3-7-21-12/h1-7,9H,8H2. The SMILES string of the molecule is c1csc(-c2noc(CSc3ncnc4ccccc34)n2)c1. The molecule has 4 rings (SSSR count). The van der Waals surface area contributed by atoms with Crippen LogP contribution in [0.1, 0.15) is 5.89 Å². The number of fused-ring (bicyclic) bond motifs is 1. The van der Waals surface area contributed by atoms with Gasteiger partial charge in [0.1, 0.15) is 11.4 Å². The summed E-state index contributed by atoms with van der Waals surface area (Å²) in [5.41, 5.74) is 0.935. The Morgan fingerprint density at radius 3 is 2.95 bits per heavy atom. The first-order valence-electron chi connectivity index (χ1n) is 6.59. The maximum atomic E-state index is 5.30. The summed E-state index contributed by atoms with van der Waals surface area (Å²) in [5, 5.41) is 7.96. The molecule has 3 aromatic heterocycles. The van der Waals surface area contributed by atoms with E-state index in [1.54, 1.807) is 29.4 Å². The summed E-state index contributed by atoms with van der Waals surface area (Å²) in [6.07, 6.45) is 1.58. The van der Waals surface area contributed by atoms with Crippen LogP contribution in [0.3, 0.4) is 0 Å². The number of benzene rings is 1. The molecule has 4 aromatic rings. The van der Waals surface area contributed by atoms with Gasteiger partial charge in [0.2, 0.25) is 11.7 Å². The van der Waals surface area contributed by atoms with Crippen LogP contribution >= 0.6 is 23.1 Å². The van der Waals surface area contributed by atoms with E-state index in [1.807, 2.05) is 41.8 Å². The number of rotatable bonds is 4. The van der Waals surface area contributed by atoms with Gasteiger partial charge in [-0.25, -0.2) is 9.97 Å². The molecule has 0 amide bonds. The lowest BCUT2D eigenvalue weighted by molar-refractivity contribution is 0.392. The Hall–Kier alpha value is -2.25. The van der Waals surface area contributed by atoms with Crippen molar-refractivity contribution in [3.8, 4) is 10.7 Å². The van der Waals surface area contributed by atoms with Gasteiger partial charge in [0.05, 0.1) is 16.1 Å². The van der Waals surface area contributed by atoms with Crippen LogP contribution in [0.4, 0.5) is 0 Å². The number of aromatic nitrogens is 4. The predicted molar refractivity (Wildman–Crippen MR) is 86.7 cm³/mol. The summed E-state index contributed by atoms with van der Waals surface area (Å²) in [4.78, 5) is 14.0. The number of hydrogen-bond acceptors (Lipinski definition) is 7. The van der Waals surface area contributed by atoms with Crippen molar-refractivity contribution < 1.29 is 4.52 Å². The van der Waals surface area contributed by atoms with Crippen molar-refractivity contribution in [3.05, 3.63) is 54.0 Å². The molecule has 0 N–H and O–H groups in total. The first-order valence-corrected chi connectivity index (χ1v) is 8.46. The van der Waals surface area contributed by atoms with E-state index in [0.29, 0.717) is 17.5 Å². The van der Waals surface area contributed by atoms with Gasteiger partial charge < -0.3 is 4.52 Å². The lowest BCUT2D eigenvalue weighted by atomic mass is 10.2. The molecule has 108 valence electrons. The average Bonchev–Trinajstić information content (AvgIpc) is 3.24. The lowest BCUT2D eigenvalue weighted by Gasteiger charge is -2.02. The van der Waals surface area contributed by atoms with Crippen molar-refractivity contribution in [2.75, 3.05) is 0 Å². The Kier molecular flexibility index (Phi) is 3.57. The second-order valence-electron chi connectivity index (χ2n) is 4.47. The normalized spacial score (nSPS) is 11.1. The summed E-state index contributed by atoms with van der Waals surface area (Å²) < 4.78 is 5.30. The fraction of sp³-hybridized carbons (Fsp3) is 0.0667. The molecule has 0 aliphatic rings. The second kappa shape index (κ2) is 5.86. The van der Waals surface area contributed by atoms with Gasteiger partial charge in [0.25, 0.3) is 0 Å². The molecule has 0 aliphatic heterocycles. The van der Waals surface area contributed by atoms with Gasteiger partial charge in [0, 0.05) is 5.39 Å². The Labute approximate surface area is 134 Å². The third-order valence-corrected chi connectivity index (χ3v) is 4.90. The van der Waals surface area contributed by atoms with Gasteiger partial charge in [0.15, 0.2) is 0 Å². The fourth-order valence-corrected chi connectivity index (χ4v) is 3.52.